The van der Waals surface area contributed by atoms with E-state index in [9.17, 15) is 9.18 Å². The number of hydrogen-bond donors (Lipinski definition) is 1. The van der Waals surface area contributed by atoms with E-state index in [1.54, 1.807) is 18.2 Å². The van der Waals surface area contributed by atoms with Gasteiger partial charge in [0.15, 0.2) is 11.5 Å². The molecule has 0 unspecified atom stereocenters. The van der Waals surface area contributed by atoms with Crippen molar-refractivity contribution >= 4 is 40.9 Å². The summed E-state index contributed by atoms with van der Waals surface area (Å²) in [6.07, 6.45) is 2.82. The van der Waals surface area contributed by atoms with E-state index in [1.165, 1.54) is 18.2 Å². The maximum absolute atomic E-state index is 13.6. The second-order valence-electron chi connectivity index (χ2n) is 4.97. The molecule has 4 nitrogen and oxygen atoms in total. The van der Waals surface area contributed by atoms with Crippen LogP contribution in [0.1, 0.15) is 5.56 Å². The van der Waals surface area contributed by atoms with Crippen LogP contribution in [0.2, 0.25) is 10.0 Å². The minimum absolute atomic E-state index is 0.0502. The van der Waals surface area contributed by atoms with Crippen LogP contribution in [0.25, 0.3) is 6.08 Å². The van der Waals surface area contributed by atoms with Crippen LogP contribution in [0.4, 0.5) is 10.1 Å². The van der Waals surface area contributed by atoms with Gasteiger partial charge in [0.25, 0.3) is 0 Å². The Morgan fingerprint density at radius 1 is 1.17 bits per heavy atom. The summed E-state index contributed by atoms with van der Waals surface area (Å²) < 4.78 is 24.5. The normalized spacial score (nSPS) is 13.1. The van der Waals surface area contributed by atoms with Crippen molar-refractivity contribution in [2.45, 2.75) is 0 Å². The highest BCUT2D eigenvalue weighted by Gasteiger charge is 2.16. The summed E-state index contributed by atoms with van der Waals surface area (Å²) in [5.74, 6) is -0.0702. The lowest BCUT2D eigenvalue weighted by atomic mass is 10.1. The predicted octanol–water partition coefficient (Wildman–Crippen LogP) is 4.56. The van der Waals surface area contributed by atoms with Gasteiger partial charge in [-0.05, 0) is 42.0 Å². The van der Waals surface area contributed by atoms with Crippen molar-refractivity contribution in [3.8, 4) is 11.5 Å². The Kier molecular flexibility index (Phi) is 4.92. The summed E-state index contributed by atoms with van der Waals surface area (Å²) in [5, 5.41) is 3.09. The second-order valence-corrected chi connectivity index (χ2v) is 5.82. The molecule has 0 aromatic heterocycles. The molecule has 1 N–H and O–H groups in total. The maximum atomic E-state index is 13.6. The molecule has 0 atom stereocenters. The minimum Gasteiger partial charge on any atom is -0.486 e. The molecule has 3 rings (SSSR count). The van der Waals surface area contributed by atoms with E-state index in [4.69, 9.17) is 32.7 Å². The van der Waals surface area contributed by atoms with Crippen molar-refractivity contribution in [2.24, 2.45) is 0 Å². The Morgan fingerprint density at radius 3 is 2.75 bits per heavy atom. The number of rotatable bonds is 3. The Hall–Kier alpha value is -2.24. The van der Waals surface area contributed by atoms with E-state index in [1.807, 2.05) is 0 Å². The van der Waals surface area contributed by atoms with Crippen LogP contribution < -0.4 is 14.8 Å². The Balaban J connectivity index is 1.73. The molecule has 124 valence electrons. The van der Waals surface area contributed by atoms with Gasteiger partial charge in [0, 0.05) is 11.1 Å². The fourth-order valence-corrected chi connectivity index (χ4v) is 2.60. The Morgan fingerprint density at radius 2 is 1.96 bits per heavy atom. The van der Waals surface area contributed by atoms with Crippen LogP contribution >= 0.6 is 23.2 Å². The fraction of sp³-hybridized carbons (Fsp3) is 0.118. The van der Waals surface area contributed by atoms with Crippen LogP contribution in [0.3, 0.4) is 0 Å². The molecule has 1 heterocycles. The average Bonchev–Trinajstić information content (AvgIpc) is 2.56. The highest BCUT2D eigenvalue weighted by molar-refractivity contribution is 6.32. The molecule has 2 aromatic carbocycles. The van der Waals surface area contributed by atoms with Crippen molar-refractivity contribution < 1.29 is 18.7 Å². The van der Waals surface area contributed by atoms with Gasteiger partial charge in [0.2, 0.25) is 5.91 Å². The van der Waals surface area contributed by atoms with E-state index in [-0.39, 0.29) is 10.7 Å². The lowest BCUT2D eigenvalue weighted by Gasteiger charge is -2.19. The zero-order valence-electron chi connectivity index (χ0n) is 12.3. The molecule has 0 saturated carbocycles. The summed E-state index contributed by atoms with van der Waals surface area (Å²) in [7, 11) is 0. The monoisotopic (exact) mass is 367 g/mol. The van der Waals surface area contributed by atoms with Crippen molar-refractivity contribution in [1.29, 1.82) is 0 Å². The van der Waals surface area contributed by atoms with Gasteiger partial charge in [-0.25, -0.2) is 4.39 Å². The maximum Gasteiger partial charge on any atom is 0.248 e. The molecule has 0 fully saturated rings. The molecule has 0 saturated heterocycles. The van der Waals surface area contributed by atoms with E-state index in [0.29, 0.717) is 35.3 Å². The molecule has 0 spiro atoms. The minimum atomic E-state index is -0.605. The zero-order valence-corrected chi connectivity index (χ0v) is 13.8. The van der Waals surface area contributed by atoms with Crippen molar-refractivity contribution in [3.63, 3.8) is 0 Å². The standard InChI is InChI=1S/C17H12Cl2FNO3/c18-11-2-3-14(13(20)9-11)21-16(22)4-1-10-7-12(19)17-15(8-10)23-5-6-24-17/h1-4,7-9H,5-6H2,(H,21,22)/b4-1+. The first-order valence-electron chi connectivity index (χ1n) is 7.06. The fourth-order valence-electron chi connectivity index (χ4n) is 2.16. The Bertz CT molecular complexity index is 824. The van der Waals surface area contributed by atoms with Crippen molar-refractivity contribution in [2.75, 3.05) is 18.5 Å². The highest BCUT2D eigenvalue weighted by Crippen LogP contribution is 2.38. The molecular weight excluding hydrogens is 356 g/mol. The number of ether oxygens (including phenoxy) is 2. The van der Waals surface area contributed by atoms with Crippen LogP contribution in [0, 0.1) is 5.82 Å². The number of amides is 1. The predicted molar refractivity (Wildman–Crippen MR) is 91.5 cm³/mol. The van der Waals surface area contributed by atoms with Crippen molar-refractivity contribution in [3.05, 3.63) is 57.8 Å². The van der Waals surface area contributed by atoms with E-state index in [2.05, 4.69) is 5.32 Å². The van der Waals surface area contributed by atoms with Crippen LogP contribution in [-0.4, -0.2) is 19.1 Å². The molecule has 1 aliphatic rings. The van der Waals surface area contributed by atoms with Gasteiger partial charge < -0.3 is 14.8 Å². The molecule has 7 heteroatoms. The van der Waals surface area contributed by atoms with Gasteiger partial charge in [-0.3, -0.25) is 4.79 Å². The SMILES string of the molecule is O=C(/C=C/c1cc(Cl)c2c(c1)OCCO2)Nc1ccc(Cl)cc1F. The quantitative estimate of drug-likeness (QED) is 0.809. The first-order chi connectivity index (χ1) is 11.5. The lowest BCUT2D eigenvalue weighted by Crippen LogP contribution is -2.15. The smallest absolute Gasteiger partial charge is 0.248 e. The van der Waals surface area contributed by atoms with Gasteiger partial charge in [0.1, 0.15) is 19.0 Å². The summed E-state index contributed by atoms with van der Waals surface area (Å²) in [4.78, 5) is 11.9. The second kappa shape index (κ2) is 7.11. The topological polar surface area (TPSA) is 47.6 Å². The first kappa shape index (κ1) is 16.6. The third kappa shape index (κ3) is 3.80. The van der Waals surface area contributed by atoms with Gasteiger partial charge in [0.05, 0.1) is 10.7 Å². The summed E-state index contributed by atoms with van der Waals surface area (Å²) in [6, 6.07) is 7.38. The van der Waals surface area contributed by atoms with Gasteiger partial charge in [-0.2, -0.15) is 0 Å². The number of fused-ring (bicyclic) bond motifs is 1. The molecule has 1 aliphatic heterocycles. The van der Waals surface area contributed by atoms with Crippen molar-refractivity contribution in [1.82, 2.24) is 0 Å². The molecule has 2 aromatic rings. The van der Waals surface area contributed by atoms with Gasteiger partial charge in [-0.15, -0.1) is 0 Å². The largest absolute Gasteiger partial charge is 0.486 e. The molecule has 0 aliphatic carbocycles. The summed E-state index contributed by atoms with van der Waals surface area (Å²) >= 11 is 11.8. The summed E-state index contributed by atoms with van der Waals surface area (Å²) in [6.45, 7) is 0.879. The van der Waals surface area contributed by atoms with Crippen LogP contribution in [-0.2, 0) is 4.79 Å². The van der Waals surface area contributed by atoms with Crippen LogP contribution in [0.15, 0.2) is 36.4 Å². The van der Waals surface area contributed by atoms with Gasteiger partial charge >= 0.3 is 0 Å². The average molecular weight is 368 g/mol. The van der Waals surface area contributed by atoms with Gasteiger partial charge in [-0.1, -0.05) is 23.2 Å². The summed E-state index contributed by atoms with van der Waals surface area (Å²) in [5.41, 5.74) is 0.713. The third-order valence-electron chi connectivity index (χ3n) is 3.24. The lowest BCUT2D eigenvalue weighted by molar-refractivity contribution is -0.111. The molecule has 0 bridgehead atoms. The van der Waals surface area contributed by atoms with E-state index >= 15 is 0 Å². The number of nitrogens with one attached hydrogen (secondary N) is 1. The third-order valence-corrected chi connectivity index (χ3v) is 3.75. The number of carbonyl (C=O) groups excluding carboxylic acids is 1. The Labute approximate surface area is 147 Å². The van der Waals surface area contributed by atoms with E-state index < -0.39 is 11.7 Å². The molecule has 0 radical (unpaired) electrons. The zero-order chi connectivity index (χ0) is 17.1. The number of halogens is 3. The van der Waals surface area contributed by atoms with E-state index in [0.717, 1.165) is 6.07 Å². The molecular formula is C17H12Cl2FNO3. The number of anilines is 1. The van der Waals surface area contributed by atoms with Crippen LogP contribution in [0.5, 0.6) is 11.5 Å². The number of hydrogen-bond acceptors (Lipinski definition) is 3. The highest BCUT2D eigenvalue weighted by atomic mass is 35.5. The number of benzene rings is 2. The number of carbonyl (C=O) groups is 1. The molecule has 1 amide bonds. The first-order valence-corrected chi connectivity index (χ1v) is 7.82. The molecule has 24 heavy (non-hydrogen) atoms.